The predicted octanol–water partition coefficient (Wildman–Crippen LogP) is 2.00. The Morgan fingerprint density at radius 3 is 2.57 bits per heavy atom. The Balaban J connectivity index is 1.55. The quantitative estimate of drug-likeness (QED) is 0.408. The number of carbonyl (C=O) groups is 2. The van der Waals surface area contributed by atoms with E-state index in [4.69, 9.17) is 0 Å². The summed E-state index contributed by atoms with van der Waals surface area (Å²) in [5.74, 6) is -5.37. The number of nitrogens with one attached hydrogen (secondary N) is 1. The van der Waals surface area contributed by atoms with E-state index in [1.165, 1.54) is 0 Å². The summed E-state index contributed by atoms with van der Waals surface area (Å²) < 4.78 is 27.5. The smallest absolute Gasteiger partial charge is 0.426 e. The van der Waals surface area contributed by atoms with Gasteiger partial charge < -0.3 is 20.3 Å². The lowest BCUT2D eigenvalue weighted by Crippen LogP contribution is -2.50. The highest BCUT2D eigenvalue weighted by Gasteiger charge is 2.45. The van der Waals surface area contributed by atoms with Crippen molar-refractivity contribution in [3.8, 4) is 6.07 Å². The van der Waals surface area contributed by atoms with Crippen LogP contribution in [0.4, 0.5) is 8.78 Å². The zero-order valence-electron chi connectivity index (χ0n) is 21.6. The number of likely N-dealkylation sites (tertiary alicyclic amines) is 2. The topological polar surface area (TPSA) is 117 Å². The first kappa shape index (κ1) is 29.0. The van der Waals surface area contributed by atoms with Crippen LogP contribution in [-0.4, -0.2) is 82.4 Å². The fourth-order valence-electron chi connectivity index (χ4n) is 5.35. The molecule has 2 aliphatic rings. The van der Waals surface area contributed by atoms with Crippen LogP contribution in [0.3, 0.4) is 0 Å². The van der Waals surface area contributed by atoms with Crippen molar-refractivity contribution in [3.05, 3.63) is 35.9 Å². The minimum Gasteiger partial charge on any atom is -0.426 e. The standard InChI is InChI=1S/C26H37BF2N4O4/c1-25(2,33-12-10-26(28,29)18-33)15-21(16-30)24(35)32-11-6-9-20(17-32)14-23(34)31-22(27(36)37)13-19-7-4-3-5-8-19/h3-5,7-8,20-22,36-37H,6,9-15,17-18H2,1-2H3,(H,31,34)/t20-,21?,22+/m1/s1. The molecule has 3 N–H and O–H groups in total. The van der Waals surface area contributed by atoms with Crippen molar-refractivity contribution < 1.29 is 28.4 Å². The van der Waals surface area contributed by atoms with Gasteiger partial charge in [-0.1, -0.05) is 30.3 Å². The Hall–Kier alpha value is -2.55. The van der Waals surface area contributed by atoms with E-state index < -0.39 is 30.4 Å². The molecule has 37 heavy (non-hydrogen) atoms. The summed E-state index contributed by atoms with van der Waals surface area (Å²) >= 11 is 0. The highest BCUT2D eigenvalue weighted by Crippen LogP contribution is 2.35. The number of benzene rings is 1. The summed E-state index contributed by atoms with van der Waals surface area (Å²) in [5, 5.41) is 31.9. The first-order valence-corrected chi connectivity index (χ1v) is 12.9. The zero-order valence-corrected chi connectivity index (χ0v) is 21.6. The van der Waals surface area contributed by atoms with Gasteiger partial charge in [-0.2, -0.15) is 5.26 Å². The van der Waals surface area contributed by atoms with Crippen molar-refractivity contribution in [3.63, 3.8) is 0 Å². The molecule has 2 fully saturated rings. The minimum atomic E-state index is -2.75. The molecule has 1 aromatic rings. The van der Waals surface area contributed by atoms with Gasteiger partial charge in [0, 0.05) is 38.0 Å². The van der Waals surface area contributed by atoms with Crippen LogP contribution in [0.1, 0.15) is 51.5 Å². The maximum absolute atomic E-state index is 13.7. The van der Waals surface area contributed by atoms with E-state index in [1.807, 2.05) is 30.3 Å². The summed E-state index contributed by atoms with van der Waals surface area (Å²) in [5.41, 5.74) is 0.127. The molecular weight excluding hydrogens is 481 g/mol. The Morgan fingerprint density at radius 1 is 1.27 bits per heavy atom. The lowest BCUT2D eigenvalue weighted by atomic mass is 9.75. The number of hydrogen-bond acceptors (Lipinski definition) is 6. The van der Waals surface area contributed by atoms with Gasteiger partial charge in [0.15, 0.2) is 0 Å². The summed E-state index contributed by atoms with van der Waals surface area (Å²) in [6.45, 7) is 4.22. The average molecular weight is 518 g/mol. The highest BCUT2D eigenvalue weighted by atomic mass is 19.3. The molecule has 0 aromatic heterocycles. The first-order chi connectivity index (χ1) is 17.4. The van der Waals surface area contributed by atoms with Crippen molar-refractivity contribution >= 4 is 18.9 Å². The van der Waals surface area contributed by atoms with E-state index in [-0.39, 0.29) is 56.5 Å². The fraction of sp³-hybridized carbons (Fsp3) is 0.654. The van der Waals surface area contributed by atoms with Crippen LogP contribution in [0.2, 0.25) is 0 Å². The van der Waals surface area contributed by atoms with Gasteiger partial charge in [0.1, 0.15) is 5.92 Å². The fourth-order valence-corrected chi connectivity index (χ4v) is 5.35. The van der Waals surface area contributed by atoms with Crippen LogP contribution < -0.4 is 5.32 Å². The number of hydrogen-bond donors (Lipinski definition) is 3. The predicted molar refractivity (Wildman–Crippen MR) is 135 cm³/mol. The molecule has 0 spiro atoms. The van der Waals surface area contributed by atoms with Crippen LogP contribution in [0, 0.1) is 23.2 Å². The molecule has 0 aliphatic carbocycles. The maximum Gasteiger partial charge on any atom is 0.475 e. The van der Waals surface area contributed by atoms with Crippen molar-refractivity contribution in [1.82, 2.24) is 15.1 Å². The van der Waals surface area contributed by atoms with Crippen LogP contribution >= 0.6 is 0 Å². The molecule has 0 radical (unpaired) electrons. The molecule has 0 bridgehead atoms. The van der Waals surface area contributed by atoms with E-state index in [9.17, 15) is 33.7 Å². The van der Waals surface area contributed by atoms with Gasteiger partial charge >= 0.3 is 7.12 Å². The Kier molecular flexibility index (Phi) is 9.67. The summed E-state index contributed by atoms with van der Waals surface area (Å²) in [4.78, 5) is 29.2. The van der Waals surface area contributed by atoms with E-state index in [1.54, 1.807) is 23.6 Å². The first-order valence-electron chi connectivity index (χ1n) is 12.9. The SMILES string of the molecule is CC(C)(CC(C#N)C(=O)N1CCC[C@H](CC(=O)N[C@@H](Cc2ccccc2)B(O)O)C1)N1CCC(F)(F)C1. The van der Waals surface area contributed by atoms with Crippen LogP contribution in [0.5, 0.6) is 0 Å². The lowest BCUT2D eigenvalue weighted by molar-refractivity contribution is -0.137. The van der Waals surface area contributed by atoms with Crippen molar-refractivity contribution in [2.24, 2.45) is 11.8 Å². The van der Waals surface area contributed by atoms with Gasteiger partial charge in [0.05, 0.1) is 18.6 Å². The number of nitrogens with zero attached hydrogens (tertiary/aromatic N) is 3. The van der Waals surface area contributed by atoms with Crippen molar-refractivity contribution in [2.45, 2.75) is 69.8 Å². The third-order valence-electron chi connectivity index (χ3n) is 7.49. The number of piperidine rings is 1. The lowest BCUT2D eigenvalue weighted by Gasteiger charge is -2.38. The molecule has 11 heteroatoms. The summed E-state index contributed by atoms with van der Waals surface area (Å²) in [6, 6.07) is 11.3. The van der Waals surface area contributed by atoms with Crippen LogP contribution in [0.25, 0.3) is 0 Å². The second kappa shape index (κ2) is 12.3. The molecule has 0 saturated carbocycles. The number of rotatable bonds is 10. The van der Waals surface area contributed by atoms with E-state index in [2.05, 4.69) is 11.4 Å². The van der Waals surface area contributed by atoms with Gasteiger partial charge in [-0.05, 0) is 51.0 Å². The minimum absolute atomic E-state index is 0.118. The molecule has 202 valence electrons. The second-order valence-electron chi connectivity index (χ2n) is 11.0. The number of nitriles is 1. The Morgan fingerprint density at radius 2 is 1.97 bits per heavy atom. The normalized spacial score (nSPS) is 21.6. The summed E-state index contributed by atoms with van der Waals surface area (Å²) in [6.07, 6.45) is 1.72. The molecule has 8 nitrogen and oxygen atoms in total. The van der Waals surface area contributed by atoms with Crippen molar-refractivity contribution in [1.29, 1.82) is 5.26 Å². The van der Waals surface area contributed by atoms with Gasteiger partial charge in [0.25, 0.3) is 5.92 Å². The molecule has 3 rings (SSSR count). The second-order valence-corrected chi connectivity index (χ2v) is 11.0. The maximum atomic E-state index is 13.7. The number of amides is 2. The average Bonchev–Trinajstić information content (AvgIpc) is 3.23. The number of halogens is 2. The zero-order chi connectivity index (χ0) is 27.2. The molecule has 2 heterocycles. The third kappa shape index (κ3) is 8.22. The molecule has 3 atom stereocenters. The summed E-state index contributed by atoms with van der Waals surface area (Å²) in [7, 11) is -1.72. The largest absolute Gasteiger partial charge is 0.475 e. The number of carbonyl (C=O) groups excluding carboxylic acids is 2. The third-order valence-corrected chi connectivity index (χ3v) is 7.49. The monoisotopic (exact) mass is 518 g/mol. The van der Waals surface area contributed by atoms with Gasteiger partial charge in [-0.3, -0.25) is 14.5 Å². The molecule has 1 unspecified atom stereocenters. The molecule has 2 aliphatic heterocycles. The van der Waals surface area contributed by atoms with E-state index in [0.29, 0.717) is 19.5 Å². The van der Waals surface area contributed by atoms with Crippen molar-refractivity contribution in [2.75, 3.05) is 26.2 Å². The molecule has 2 saturated heterocycles. The van der Waals surface area contributed by atoms with E-state index >= 15 is 0 Å². The van der Waals surface area contributed by atoms with Gasteiger partial charge in [-0.15, -0.1) is 0 Å². The molecule has 1 aromatic carbocycles. The van der Waals surface area contributed by atoms with Gasteiger partial charge in [-0.25, -0.2) is 8.78 Å². The Bertz CT molecular complexity index is 973. The Labute approximate surface area is 217 Å². The van der Waals surface area contributed by atoms with Gasteiger partial charge in [0.2, 0.25) is 11.8 Å². The molecular formula is C26H37BF2N4O4. The van der Waals surface area contributed by atoms with E-state index in [0.717, 1.165) is 12.0 Å². The van der Waals surface area contributed by atoms with Crippen LogP contribution in [0.15, 0.2) is 30.3 Å². The molecule has 2 amide bonds. The highest BCUT2D eigenvalue weighted by molar-refractivity contribution is 6.43. The van der Waals surface area contributed by atoms with Crippen LogP contribution in [-0.2, 0) is 16.0 Å². The number of alkyl halides is 2.